The summed E-state index contributed by atoms with van der Waals surface area (Å²) >= 11 is 1.26. The SMILES string of the molecule is Cc1cc(C)c(NC(=O)CSc2nc(Nc3ccccc3)nc(Nc3ccccc3)n2)c(C)c1. The molecule has 172 valence electrons. The summed E-state index contributed by atoms with van der Waals surface area (Å²) in [6.45, 7) is 6.04. The third kappa shape index (κ3) is 6.32. The van der Waals surface area contributed by atoms with Crippen LogP contribution in [-0.4, -0.2) is 26.6 Å². The van der Waals surface area contributed by atoms with E-state index in [1.807, 2.05) is 81.4 Å². The van der Waals surface area contributed by atoms with E-state index in [4.69, 9.17) is 0 Å². The summed E-state index contributed by atoms with van der Waals surface area (Å²) in [7, 11) is 0. The van der Waals surface area contributed by atoms with Crippen LogP contribution >= 0.6 is 11.8 Å². The first-order valence-electron chi connectivity index (χ1n) is 10.9. The molecule has 7 nitrogen and oxygen atoms in total. The van der Waals surface area contributed by atoms with Gasteiger partial charge in [-0.3, -0.25) is 4.79 Å². The fourth-order valence-corrected chi connectivity index (χ4v) is 4.15. The van der Waals surface area contributed by atoms with E-state index < -0.39 is 0 Å². The molecule has 4 rings (SSSR count). The Bertz CT molecular complexity index is 1200. The maximum Gasteiger partial charge on any atom is 0.234 e. The Kier molecular flexibility index (Phi) is 7.39. The van der Waals surface area contributed by atoms with Gasteiger partial charge in [0.2, 0.25) is 17.8 Å². The van der Waals surface area contributed by atoms with Gasteiger partial charge in [-0.05, 0) is 56.2 Å². The molecule has 0 aliphatic rings. The van der Waals surface area contributed by atoms with Gasteiger partial charge in [0.05, 0.1) is 5.75 Å². The molecule has 0 fully saturated rings. The number of aromatic nitrogens is 3. The van der Waals surface area contributed by atoms with Crippen molar-refractivity contribution in [2.75, 3.05) is 21.7 Å². The first-order chi connectivity index (χ1) is 16.5. The summed E-state index contributed by atoms with van der Waals surface area (Å²) in [5.74, 6) is 0.850. The van der Waals surface area contributed by atoms with E-state index in [9.17, 15) is 4.79 Å². The third-order valence-electron chi connectivity index (χ3n) is 4.95. The Labute approximate surface area is 203 Å². The summed E-state index contributed by atoms with van der Waals surface area (Å²) in [4.78, 5) is 26.2. The fraction of sp³-hybridized carbons (Fsp3) is 0.154. The highest BCUT2D eigenvalue weighted by Crippen LogP contribution is 2.24. The predicted molar refractivity (Wildman–Crippen MR) is 139 cm³/mol. The molecule has 0 bridgehead atoms. The van der Waals surface area contributed by atoms with Crippen LogP contribution in [0.3, 0.4) is 0 Å². The summed E-state index contributed by atoms with van der Waals surface area (Å²) < 4.78 is 0. The van der Waals surface area contributed by atoms with Gasteiger partial charge in [-0.15, -0.1) is 0 Å². The minimum absolute atomic E-state index is 0.115. The largest absolute Gasteiger partial charge is 0.325 e. The number of para-hydroxylation sites is 2. The highest BCUT2D eigenvalue weighted by Gasteiger charge is 2.13. The van der Waals surface area contributed by atoms with E-state index in [2.05, 4.69) is 43.0 Å². The summed E-state index contributed by atoms with van der Waals surface area (Å²) in [6, 6.07) is 23.5. The molecule has 1 heterocycles. The van der Waals surface area contributed by atoms with Gasteiger partial charge in [0.1, 0.15) is 0 Å². The monoisotopic (exact) mass is 470 g/mol. The van der Waals surface area contributed by atoms with Crippen molar-refractivity contribution < 1.29 is 4.79 Å². The van der Waals surface area contributed by atoms with Crippen LogP contribution in [0.2, 0.25) is 0 Å². The molecule has 0 spiro atoms. The molecule has 8 heteroatoms. The maximum atomic E-state index is 12.7. The van der Waals surface area contributed by atoms with Gasteiger partial charge in [0.25, 0.3) is 0 Å². The van der Waals surface area contributed by atoms with Crippen molar-refractivity contribution in [2.45, 2.75) is 25.9 Å². The number of aryl methyl sites for hydroxylation is 3. The van der Waals surface area contributed by atoms with E-state index in [0.717, 1.165) is 28.2 Å². The molecule has 3 N–H and O–H groups in total. The normalized spacial score (nSPS) is 10.6. The van der Waals surface area contributed by atoms with Crippen molar-refractivity contribution in [2.24, 2.45) is 0 Å². The molecule has 0 aliphatic carbocycles. The summed E-state index contributed by atoms with van der Waals surface area (Å²) in [5, 5.41) is 9.87. The number of benzene rings is 3. The predicted octanol–water partition coefficient (Wildman–Crippen LogP) is 6.01. The minimum atomic E-state index is -0.115. The number of rotatable bonds is 8. The van der Waals surface area contributed by atoms with Crippen LogP contribution in [0, 0.1) is 20.8 Å². The van der Waals surface area contributed by atoms with E-state index in [1.54, 1.807) is 0 Å². The number of amides is 1. The van der Waals surface area contributed by atoms with Gasteiger partial charge in [-0.1, -0.05) is 65.9 Å². The smallest absolute Gasteiger partial charge is 0.234 e. The zero-order valence-electron chi connectivity index (χ0n) is 19.3. The first kappa shape index (κ1) is 23.3. The van der Waals surface area contributed by atoms with E-state index in [1.165, 1.54) is 17.3 Å². The van der Waals surface area contributed by atoms with Crippen molar-refractivity contribution in [3.05, 3.63) is 89.5 Å². The van der Waals surface area contributed by atoms with Crippen LogP contribution in [0.5, 0.6) is 0 Å². The molecule has 1 amide bonds. The van der Waals surface area contributed by atoms with Crippen LogP contribution < -0.4 is 16.0 Å². The second-order valence-electron chi connectivity index (χ2n) is 7.86. The lowest BCUT2D eigenvalue weighted by molar-refractivity contribution is -0.113. The summed E-state index contributed by atoms with van der Waals surface area (Å²) in [6.07, 6.45) is 0. The van der Waals surface area contributed by atoms with Crippen LogP contribution in [0.15, 0.2) is 78.0 Å². The Morgan fingerprint density at radius 3 is 1.76 bits per heavy atom. The van der Waals surface area contributed by atoms with Crippen molar-refractivity contribution in [3.8, 4) is 0 Å². The molecule has 1 aromatic heterocycles. The molecule has 0 atom stereocenters. The zero-order chi connectivity index (χ0) is 23.9. The van der Waals surface area contributed by atoms with Crippen LogP contribution in [0.1, 0.15) is 16.7 Å². The van der Waals surface area contributed by atoms with Crippen molar-refractivity contribution in [1.29, 1.82) is 0 Å². The standard InChI is InChI=1S/C26H26N6OS/c1-17-14-18(2)23(19(3)15-17)29-22(33)16-34-26-31-24(27-20-10-6-4-7-11-20)30-25(32-26)28-21-12-8-5-9-13-21/h4-15H,16H2,1-3H3,(H,29,33)(H2,27,28,30,31,32). The van der Waals surface area contributed by atoms with Gasteiger partial charge in [0.15, 0.2) is 5.16 Å². The van der Waals surface area contributed by atoms with Crippen LogP contribution in [0.25, 0.3) is 0 Å². The average Bonchev–Trinajstić information content (AvgIpc) is 2.81. The Balaban J connectivity index is 1.51. The number of hydrogen-bond acceptors (Lipinski definition) is 7. The summed E-state index contributed by atoms with van der Waals surface area (Å²) in [5.41, 5.74) is 5.82. The highest BCUT2D eigenvalue weighted by molar-refractivity contribution is 7.99. The number of carbonyl (C=O) groups excluding carboxylic acids is 1. The minimum Gasteiger partial charge on any atom is -0.325 e. The maximum absolute atomic E-state index is 12.7. The Morgan fingerprint density at radius 1 is 0.765 bits per heavy atom. The molecule has 0 unspecified atom stereocenters. The molecular weight excluding hydrogens is 444 g/mol. The number of nitrogens with zero attached hydrogens (tertiary/aromatic N) is 3. The Hall–Kier alpha value is -3.91. The van der Waals surface area contributed by atoms with Crippen molar-refractivity contribution in [1.82, 2.24) is 15.0 Å². The first-order valence-corrected chi connectivity index (χ1v) is 11.9. The zero-order valence-corrected chi connectivity index (χ0v) is 20.1. The fourth-order valence-electron chi connectivity index (χ4n) is 3.52. The lowest BCUT2D eigenvalue weighted by atomic mass is 10.1. The van der Waals surface area contributed by atoms with Gasteiger partial charge in [-0.25, -0.2) is 0 Å². The number of thioether (sulfide) groups is 1. The lowest BCUT2D eigenvalue weighted by Gasteiger charge is -2.13. The molecule has 0 aliphatic heterocycles. The van der Waals surface area contributed by atoms with Crippen LogP contribution in [0.4, 0.5) is 29.0 Å². The molecule has 34 heavy (non-hydrogen) atoms. The average molecular weight is 471 g/mol. The van der Waals surface area contributed by atoms with E-state index in [-0.39, 0.29) is 11.7 Å². The second-order valence-corrected chi connectivity index (χ2v) is 8.80. The number of hydrogen-bond donors (Lipinski definition) is 3. The van der Waals surface area contributed by atoms with E-state index >= 15 is 0 Å². The highest BCUT2D eigenvalue weighted by atomic mass is 32.2. The molecule has 4 aromatic rings. The second kappa shape index (κ2) is 10.8. The number of nitrogens with one attached hydrogen (secondary N) is 3. The topological polar surface area (TPSA) is 91.8 Å². The number of anilines is 5. The lowest BCUT2D eigenvalue weighted by Crippen LogP contribution is -2.16. The molecule has 3 aromatic carbocycles. The molecule has 0 saturated carbocycles. The van der Waals surface area contributed by atoms with Gasteiger partial charge in [-0.2, -0.15) is 15.0 Å². The van der Waals surface area contributed by atoms with Crippen molar-refractivity contribution >= 4 is 46.6 Å². The van der Waals surface area contributed by atoms with Crippen LogP contribution in [-0.2, 0) is 4.79 Å². The Morgan fingerprint density at radius 2 is 1.26 bits per heavy atom. The van der Waals surface area contributed by atoms with Gasteiger partial charge < -0.3 is 16.0 Å². The van der Waals surface area contributed by atoms with Gasteiger partial charge in [0, 0.05) is 17.1 Å². The molecular formula is C26H26N6OS. The molecule has 0 radical (unpaired) electrons. The quantitative estimate of drug-likeness (QED) is 0.271. The van der Waals surface area contributed by atoms with E-state index in [0.29, 0.717) is 17.1 Å². The van der Waals surface area contributed by atoms with Gasteiger partial charge >= 0.3 is 0 Å². The number of carbonyl (C=O) groups is 1. The molecule has 0 saturated heterocycles. The van der Waals surface area contributed by atoms with Crippen molar-refractivity contribution in [3.63, 3.8) is 0 Å². The third-order valence-corrected chi connectivity index (χ3v) is 5.80.